The van der Waals surface area contributed by atoms with E-state index in [1.165, 1.54) is 18.2 Å². The van der Waals surface area contributed by atoms with E-state index in [0.29, 0.717) is 15.7 Å². The zero-order valence-electron chi connectivity index (χ0n) is 13.5. The van der Waals surface area contributed by atoms with Gasteiger partial charge in [0.15, 0.2) is 5.11 Å². The van der Waals surface area contributed by atoms with Gasteiger partial charge in [0.2, 0.25) is 0 Å². The first-order chi connectivity index (χ1) is 12.9. The molecule has 0 fully saturated rings. The zero-order valence-corrected chi connectivity index (χ0v) is 17.5. The molecule has 0 aliphatic rings. The highest BCUT2D eigenvalue weighted by atomic mass is 79.9. The largest absolute Gasteiger partial charge is 0.331 e. The van der Waals surface area contributed by atoms with E-state index in [1.807, 2.05) is 24.3 Å². The first kappa shape index (κ1) is 19.4. The number of nitrogens with zero attached hydrogens (tertiary/aromatic N) is 1. The Hall–Kier alpha value is -2.36. The number of carbonyl (C=O) groups is 1. The molecule has 6 nitrogen and oxygen atoms in total. The van der Waals surface area contributed by atoms with E-state index in [4.69, 9.17) is 12.2 Å². The van der Waals surface area contributed by atoms with Crippen LogP contribution in [0.25, 0.3) is 10.8 Å². The molecular formula is C18H11Br2N3O3S. The van der Waals surface area contributed by atoms with Crippen molar-refractivity contribution in [2.45, 2.75) is 0 Å². The number of benzene rings is 3. The molecule has 0 bridgehead atoms. The number of nitrogens with one attached hydrogen (secondary N) is 2. The molecule has 0 spiro atoms. The Kier molecular flexibility index (Phi) is 5.83. The van der Waals surface area contributed by atoms with Gasteiger partial charge in [-0.2, -0.15) is 0 Å². The van der Waals surface area contributed by atoms with Gasteiger partial charge in [-0.05, 0) is 57.1 Å². The number of nitro benzene ring substituents is 1. The van der Waals surface area contributed by atoms with Crippen LogP contribution in [0.4, 0.5) is 11.4 Å². The summed E-state index contributed by atoms with van der Waals surface area (Å²) in [5.41, 5.74) is 0.941. The average Bonchev–Trinajstić information content (AvgIpc) is 2.63. The third-order valence-corrected chi connectivity index (χ3v) is 5.30. The smallest absolute Gasteiger partial charge is 0.270 e. The number of carbonyl (C=O) groups excluding carboxylic acids is 1. The van der Waals surface area contributed by atoms with Gasteiger partial charge in [0.1, 0.15) is 0 Å². The van der Waals surface area contributed by atoms with Gasteiger partial charge >= 0.3 is 0 Å². The second kappa shape index (κ2) is 8.12. The van der Waals surface area contributed by atoms with Crippen LogP contribution in [0.15, 0.2) is 63.5 Å². The predicted octanol–water partition coefficient (Wildman–Crippen LogP) is 5.40. The molecule has 3 rings (SSSR count). The minimum atomic E-state index is -0.493. The van der Waals surface area contributed by atoms with Crippen LogP contribution in [0.5, 0.6) is 0 Å². The monoisotopic (exact) mass is 507 g/mol. The zero-order chi connectivity index (χ0) is 19.6. The Labute approximate surface area is 176 Å². The molecule has 1 amide bonds. The van der Waals surface area contributed by atoms with Crippen molar-refractivity contribution < 1.29 is 9.72 Å². The second-order valence-corrected chi connectivity index (χ2v) is 7.59. The van der Waals surface area contributed by atoms with Crippen LogP contribution in [-0.2, 0) is 0 Å². The molecule has 0 heterocycles. The van der Waals surface area contributed by atoms with Crippen molar-refractivity contribution in [3.05, 3.63) is 79.2 Å². The van der Waals surface area contributed by atoms with E-state index in [0.717, 1.165) is 15.2 Å². The molecular weight excluding hydrogens is 498 g/mol. The summed E-state index contributed by atoms with van der Waals surface area (Å²) in [5.74, 6) is -0.353. The minimum absolute atomic E-state index is 0.0521. The predicted molar refractivity (Wildman–Crippen MR) is 116 cm³/mol. The van der Waals surface area contributed by atoms with Crippen molar-refractivity contribution in [3.63, 3.8) is 0 Å². The van der Waals surface area contributed by atoms with Crippen molar-refractivity contribution in [1.29, 1.82) is 0 Å². The Morgan fingerprint density at radius 2 is 1.70 bits per heavy atom. The molecule has 0 aliphatic heterocycles. The number of fused-ring (bicyclic) bond motifs is 1. The summed E-state index contributed by atoms with van der Waals surface area (Å²) in [5, 5.41) is 18.1. The molecule has 0 saturated heterocycles. The topological polar surface area (TPSA) is 84.3 Å². The number of halogens is 2. The lowest BCUT2D eigenvalue weighted by Gasteiger charge is -2.12. The van der Waals surface area contributed by atoms with E-state index < -0.39 is 4.92 Å². The number of thiocarbonyl (C=S) groups is 1. The molecule has 9 heteroatoms. The molecule has 3 aromatic carbocycles. The number of hydrogen-bond donors (Lipinski definition) is 2. The molecule has 0 aromatic heterocycles. The summed E-state index contributed by atoms with van der Waals surface area (Å²) >= 11 is 11.9. The highest BCUT2D eigenvalue weighted by molar-refractivity contribution is 9.11. The van der Waals surface area contributed by atoms with Crippen molar-refractivity contribution in [2.24, 2.45) is 0 Å². The van der Waals surface area contributed by atoms with Crippen LogP contribution in [0.1, 0.15) is 10.4 Å². The summed E-state index contributed by atoms with van der Waals surface area (Å²) < 4.78 is 1.35. The lowest BCUT2D eigenvalue weighted by Crippen LogP contribution is -2.34. The maximum atomic E-state index is 12.6. The Bertz CT molecular complexity index is 1090. The highest BCUT2D eigenvalue weighted by Gasteiger charge is 2.14. The van der Waals surface area contributed by atoms with E-state index >= 15 is 0 Å². The van der Waals surface area contributed by atoms with Crippen molar-refractivity contribution >= 4 is 77.2 Å². The molecule has 0 atom stereocenters. The second-order valence-electron chi connectivity index (χ2n) is 5.47. The van der Waals surface area contributed by atoms with E-state index in [2.05, 4.69) is 42.5 Å². The van der Waals surface area contributed by atoms with Crippen LogP contribution in [0.2, 0.25) is 0 Å². The van der Waals surface area contributed by atoms with Gasteiger partial charge in [0, 0.05) is 26.6 Å². The van der Waals surface area contributed by atoms with Crippen LogP contribution in [-0.4, -0.2) is 15.9 Å². The molecule has 0 aliphatic carbocycles. The van der Waals surface area contributed by atoms with Crippen molar-refractivity contribution in [2.75, 3.05) is 5.32 Å². The van der Waals surface area contributed by atoms with E-state index in [1.54, 1.807) is 12.1 Å². The Balaban J connectivity index is 1.78. The number of amides is 1. The SMILES string of the molecule is O=C(NC(=S)Nc1ccc([N+](=O)[O-])cc1Br)c1cccc2c(Br)cccc12. The quantitative estimate of drug-likeness (QED) is 0.281. The van der Waals surface area contributed by atoms with Crippen LogP contribution >= 0.6 is 44.1 Å². The maximum Gasteiger partial charge on any atom is 0.270 e. The number of non-ortho nitro benzene ring substituents is 1. The summed E-state index contributed by atoms with van der Waals surface area (Å²) in [6.45, 7) is 0. The molecule has 3 aromatic rings. The number of rotatable bonds is 3. The molecule has 0 unspecified atom stereocenters. The Morgan fingerprint density at radius 1 is 1.00 bits per heavy atom. The lowest BCUT2D eigenvalue weighted by molar-refractivity contribution is -0.384. The number of anilines is 1. The van der Waals surface area contributed by atoms with Gasteiger partial charge in [-0.3, -0.25) is 20.2 Å². The molecule has 2 N–H and O–H groups in total. The third-order valence-electron chi connectivity index (χ3n) is 3.75. The van der Waals surface area contributed by atoms with Crippen molar-refractivity contribution in [3.8, 4) is 0 Å². The summed E-state index contributed by atoms with van der Waals surface area (Å²) in [7, 11) is 0. The fourth-order valence-corrected chi connectivity index (χ4v) is 3.68. The molecule has 0 saturated carbocycles. The van der Waals surface area contributed by atoms with Crippen LogP contribution in [0, 0.1) is 10.1 Å². The van der Waals surface area contributed by atoms with Gasteiger partial charge in [-0.15, -0.1) is 0 Å². The fraction of sp³-hybridized carbons (Fsp3) is 0. The van der Waals surface area contributed by atoms with E-state index in [9.17, 15) is 14.9 Å². The number of nitro groups is 1. The third kappa shape index (κ3) is 4.32. The van der Waals surface area contributed by atoms with Crippen LogP contribution in [0.3, 0.4) is 0 Å². The first-order valence-corrected chi connectivity index (χ1v) is 9.60. The average molecular weight is 509 g/mol. The van der Waals surface area contributed by atoms with Gasteiger partial charge in [0.05, 0.1) is 10.6 Å². The normalized spacial score (nSPS) is 10.4. The fourth-order valence-electron chi connectivity index (χ4n) is 2.51. The minimum Gasteiger partial charge on any atom is -0.331 e. The summed E-state index contributed by atoms with van der Waals surface area (Å²) in [6.07, 6.45) is 0. The van der Waals surface area contributed by atoms with Crippen molar-refractivity contribution in [1.82, 2.24) is 5.32 Å². The first-order valence-electron chi connectivity index (χ1n) is 7.60. The summed E-state index contributed by atoms with van der Waals surface area (Å²) in [6, 6.07) is 15.3. The van der Waals surface area contributed by atoms with Gasteiger partial charge in [0.25, 0.3) is 11.6 Å². The van der Waals surface area contributed by atoms with Gasteiger partial charge < -0.3 is 5.32 Å². The molecule has 27 heavy (non-hydrogen) atoms. The Morgan fingerprint density at radius 3 is 2.41 bits per heavy atom. The highest BCUT2D eigenvalue weighted by Crippen LogP contribution is 2.28. The van der Waals surface area contributed by atoms with Gasteiger partial charge in [-0.25, -0.2) is 0 Å². The van der Waals surface area contributed by atoms with E-state index in [-0.39, 0.29) is 16.7 Å². The standard InChI is InChI=1S/C18H11Br2N3O3S/c19-14-6-2-3-11-12(14)4-1-5-13(11)17(24)22-18(27)21-16-8-7-10(23(25)26)9-15(16)20/h1-9H,(H2,21,22,24,27). The van der Waals surface area contributed by atoms with Crippen LogP contribution < -0.4 is 10.6 Å². The van der Waals surface area contributed by atoms with Gasteiger partial charge in [-0.1, -0.05) is 40.2 Å². The molecule has 136 valence electrons. The molecule has 0 radical (unpaired) electrons. The number of hydrogen-bond acceptors (Lipinski definition) is 4. The summed E-state index contributed by atoms with van der Waals surface area (Å²) in [4.78, 5) is 22.9. The maximum absolute atomic E-state index is 12.6. The lowest BCUT2D eigenvalue weighted by atomic mass is 10.0.